The minimum Gasteiger partial charge on any atom is -0.507 e. The number of nitrogens with zero attached hydrogens (tertiary/aromatic N) is 1. The molecule has 5 nitrogen and oxygen atoms in total. The Hall–Kier alpha value is -4.38. The van der Waals surface area contributed by atoms with Crippen LogP contribution in [0.4, 0.5) is 11.4 Å². The molecule has 0 bridgehead atoms. The first-order valence-electron chi connectivity index (χ1n) is 13.3. The van der Waals surface area contributed by atoms with Crippen LogP contribution in [-0.4, -0.2) is 23.5 Å². The number of phenols is 1. The predicted molar refractivity (Wildman–Crippen MR) is 151 cm³/mol. The summed E-state index contributed by atoms with van der Waals surface area (Å²) in [6.07, 6.45) is 4.51. The molecule has 190 valence electrons. The van der Waals surface area contributed by atoms with Crippen molar-refractivity contribution in [3.05, 3.63) is 102 Å². The fourth-order valence-corrected chi connectivity index (χ4v) is 5.76. The largest absolute Gasteiger partial charge is 0.507 e. The van der Waals surface area contributed by atoms with Gasteiger partial charge in [0, 0.05) is 35.5 Å². The first kappa shape index (κ1) is 24.0. The van der Waals surface area contributed by atoms with E-state index in [2.05, 4.69) is 11.4 Å². The van der Waals surface area contributed by atoms with Crippen LogP contribution < -0.4 is 10.2 Å². The third-order valence-electron chi connectivity index (χ3n) is 7.70. The van der Waals surface area contributed by atoms with Gasteiger partial charge in [-0.1, -0.05) is 72.8 Å². The number of aryl methyl sites for hydroxylation is 1. The zero-order valence-corrected chi connectivity index (χ0v) is 21.2. The summed E-state index contributed by atoms with van der Waals surface area (Å²) in [5, 5.41) is 14.3. The van der Waals surface area contributed by atoms with Crippen LogP contribution in [0.3, 0.4) is 0 Å². The molecule has 1 unspecified atom stereocenters. The zero-order valence-electron chi connectivity index (χ0n) is 21.2. The molecule has 0 radical (unpaired) electrons. The molecule has 4 aromatic rings. The van der Waals surface area contributed by atoms with E-state index < -0.39 is 5.92 Å². The molecule has 0 saturated carbocycles. The Kier molecular flexibility index (Phi) is 6.42. The van der Waals surface area contributed by atoms with Gasteiger partial charge in [0.05, 0.1) is 5.92 Å². The quantitative estimate of drug-likeness (QED) is 0.302. The summed E-state index contributed by atoms with van der Waals surface area (Å²) in [5.74, 6) is -0.480. The average Bonchev–Trinajstić information content (AvgIpc) is 3.36. The SMILES string of the molecule is O=C(Nc1cc(-c2ccccc2)c(O)c(-c2ccccc2)c1)C1CC(=O)N(c2cccc3c2CCCC3)C1. The maximum atomic E-state index is 13.5. The van der Waals surface area contributed by atoms with Crippen molar-refractivity contribution in [2.24, 2.45) is 5.92 Å². The van der Waals surface area contributed by atoms with E-state index in [9.17, 15) is 14.7 Å². The molecule has 1 saturated heterocycles. The smallest absolute Gasteiger partial charge is 0.229 e. The second-order valence-corrected chi connectivity index (χ2v) is 10.2. The Balaban J connectivity index is 1.29. The molecule has 1 aliphatic carbocycles. The number of benzene rings is 4. The fraction of sp³-hybridized carbons (Fsp3) is 0.212. The highest BCUT2D eigenvalue weighted by molar-refractivity contribution is 6.04. The van der Waals surface area contributed by atoms with Crippen LogP contribution >= 0.6 is 0 Å². The highest BCUT2D eigenvalue weighted by Gasteiger charge is 2.36. The van der Waals surface area contributed by atoms with Crippen molar-refractivity contribution in [2.75, 3.05) is 16.8 Å². The second kappa shape index (κ2) is 10.2. The number of hydrogen-bond donors (Lipinski definition) is 2. The molecule has 1 atom stereocenters. The lowest BCUT2D eigenvalue weighted by atomic mass is 9.90. The number of phenolic OH excluding ortho intramolecular Hbond substituents is 1. The van der Waals surface area contributed by atoms with Crippen molar-refractivity contribution < 1.29 is 14.7 Å². The first-order valence-corrected chi connectivity index (χ1v) is 13.3. The summed E-state index contributed by atoms with van der Waals surface area (Å²) in [6, 6.07) is 29.1. The van der Waals surface area contributed by atoms with E-state index in [1.54, 1.807) is 17.0 Å². The van der Waals surface area contributed by atoms with E-state index in [-0.39, 0.29) is 24.0 Å². The summed E-state index contributed by atoms with van der Waals surface area (Å²) in [6.45, 7) is 0.371. The van der Waals surface area contributed by atoms with E-state index >= 15 is 0 Å². The Bertz CT molecular complexity index is 1440. The minimum atomic E-state index is -0.448. The average molecular weight is 503 g/mol. The summed E-state index contributed by atoms with van der Waals surface area (Å²) >= 11 is 0. The number of nitrogens with one attached hydrogen (secondary N) is 1. The van der Waals surface area contributed by atoms with Gasteiger partial charge < -0.3 is 15.3 Å². The van der Waals surface area contributed by atoms with Gasteiger partial charge in [0.2, 0.25) is 11.8 Å². The van der Waals surface area contributed by atoms with Crippen molar-refractivity contribution in [3.8, 4) is 28.0 Å². The summed E-state index contributed by atoms with van der Waals surface area (Å²) in [5.41, 5.74) is 7.12. The van der Waals surface area contributed by atoms with Crippen molar-refractivity contribution in [1.82, 2.24) is 0 Å². The lowest BCUT2D eigenvalue weighted by Gasteiger charge is -2.25. The predicted octanol–water partition coefficient (Wildman–Crippen LogP) is 6.60. The maximum absolute atomic E-state index is 13.5. The van der Waals surface area contributed by atoms with Gasteiger partial charge in [0.15, 0.2) is 0 Å². The molecular weight excluding hydrogens is 472 g/mol. The number of rotatable bonds is 5. The van der Waals surface area contributed by atoms with Crippen LogP contribution in [0.15, 0.2) is 91.0 Å². The van der Waals surface area contributed by atoms with Crippen molar-refractivity contribution >= 4 is 23.2 Å². The molecule has 2 aliphatic rings. The standard InChI is InChI=1S/C33H30N2O3/c36-31-18-25(21-35(31)30-17-9-15-22-14-7-8-16-27(22)30)33(38)34-26-19-28(23-10-3-1-4-11-23)32(37)29(20-26)24-12-5-2-6-13-24/h1-6,9-13,15,17,19-20,25,37H,7-8,14,16,18,21H2,(H,34,38). The molecule has 1 fully saturated rings. The van der Waals surface area contributed by atoms with E-state index in [1.807, 2.05) is 72.8 Å². The van der Waals surface area contributed by atoms with Gasteiger partial charge in [-0.25, -0.2) is 0 Å². The first-order chi connectivity index (χ1) is 18.6. The molecule has 38 heavy (non-hydrogen) atoms. The van der Waals surface area contributed by atoms with Gasteiger partial charge in [-0.2, -0.15) is 0 Å². The summed E-state index contributed by atoms with van der Waals surface area (Å²) < 4.78 is 0. The monoisotopic (exact) mass is 502 g/mol. The van der Waals surface area contributed by atoms with Crippen LogP contribution in [0.5, 0.6) is 5.75 Å². The van der Waals surface area contributed by atoms with E-state index in [0.29, 0.717) is 23.4 Å². The number of amides is 2. The molecule has 1 aliphatic heterocycles. The number of hydrogen-bond acceptors (Lipinski definition) is 3. The zero-order chi connectivity index (χ0) is 26.1. The topological polar surface area (TPSA) is 69.6 Å². The van der Waals surface area contributed by atoms with Gasteiger partial charge in [0.25, 0.3) is 0 Å². The van der Waals surface area contributed by atoms with E-state index in [0.717, 1.165) is 36.1 Å². The van der Waals surface area contributed by atoms with Gasteiger partial charge in [0.1, 0.15) is 5.75 Å². The molecule has 0 aromatic heterocycles. The molecule has 1 heterocycles. The number of carbonyl (C=O) groups excluding carboxylic acids is 2. The molecule has 2 N–H and O–H groups in total. The number of anilines is 2. The Morgan fingerprint density at radius 3 is 2.11 bits per heavy atom. The molecule has 5 heteroatoms. The van der Waals surface area contributed by atoms with Crippen LogP contribution in [0.1, 0.15) is 30.4 Å². The third-order valence-corrected chi connectivity index (χ3v) is 7.70. The van der Waals surface area contributed by atoms with Crippen molar-refractivity contribution in [1.29, 1.82) is 0 Å². The van der Waals surface area contributed by atoms with Crippen LogP contribution in [0.2, 0.25) is 0 Å². The van der Waals surface area contributed by atoms with E-state index in [4.69, 9.17) is 0 Å². The van der Waals surface area contributed by atoms with Gasteiger partial charge in [-0.15, -0.1) is 0 Å². The fourth-order valence-electron chi connectivity index (χ4n) is 5.76. The Morgan fingerprint density at radius 2 is 1.45 bits per heavy atom. The van der Waals surface area contributed by atoms with E-state index in [1.165, 1.54) is 17.5 Å². The molecule has 0 spiro atoms. The lowest BCUT2D eigenvalue weighted by molar-refractivity contribution is -0.122. The van der Waals surface area contributed by atoms with Crippen LogP contribution in [0, 0.1) is 5.92 Å². The van der Waals surface area contributed by atoms with Crippen molar-refractivity contribution in [3.63, 3.8) is 0 Å². The van der Waals surface area contributed by atoms with Crippen LogP contribution in [0.25, 0.3) is 22.3 Å². The van der Waals surface area contributed by atoms with Crippen molar-refractivity contribution in [2.45, 2.75) is 32.1 Å². The highest BCUT2D eigenvalue weighted by Crippen LogP contribution is 2.41. The molecular formula is C33H30N2O3. The third kappa shape index (κ3) is 4.56. The molecule has 6 rings (SSSR count). The lowest BCUT2D eigenvalue weighted by Crippen LogP contribution is -2.29. The van der Waals surface area contributed by atoms with Gasteiger partial charge >= 0.3 is 0 Å². The Labute approximate surface area is 222 Å². The molecule has 2 amide bonds. The Morgan fingerprint density at radius 1 is 0.816 bits per heavy atom. The highest BCUT2D eigenvalue weighted by atomic mass is 16.3. The molecule has 4 aromatic carbocycles. The number of fused-ring (bicyclic) bond motifs is 1. The summed E-state index contributed by atoms with van der Waals surface area (Å²) in [4.78, 5) is 28.3. The summed E-state index contributed by atoms with van der Waals surface area (Å²) in [7, 11) is 0. The minimum absolute atomic E-state index is 0.00946. The second-order valence-electron chi connectivity index (χ2n) is 10.2. The van der Waals surface area contributed by atoms with Gasteiger partial charge in [-0.3, -0.25) is 9.59 Å². The van der Waals surface area contributed by atoms with Crippen LogP contribution in [-0.2, 0) is 22.4 Å². The normalized spacial score (nSPS) is 16.8. The number of aromatic hydroxyl groups is 1. The number of carbonyl (C=O) groups is 2. The maximum Gasteiger partial charge on any atom is 0.229 e. The van der Waals surface area contributed by atoms with Gasteiger partial charge in [-0.05, 0) is 66.1 Å².